The van der Waals surface area contributed by atoms with Gasteiger partial charge in [0.2, 0.25) is 0 Å². The predicted molar refractivity (Wildman–Crippen MR) is 45.6 cm³/mol. The van der Waals surface area contributed by atoms with Crippen molar-refractivity contribution in [3.8, 4) is 0 Å². The molecule has 2 amide bonds. The molecule has 0 saturated carbocycles. The molecule has 1 aromatic carbocycles. The maximum absolute atomic E-state index is 10.9. The second-order valence-electron chi connectivity index (χ2n) is 2.27. The number of benzene rings is 1. The van der Waals surface area contributed by atoms with Crippen molar-refractivity contribution in [2.24, 2.45) is 0 Å². The number of hydrogen-bond donors (Lipinski definition) is 0. The number of nitrogens with zero attached hydrogens (tertiary/aromatic N) is 1. The third kappa shape index (κ3) is 2.33. The zero-order valence-corrected chi connectivity index (χ0v) is 10.1. The van der Waals surface area contributed by atoms with E-state index in [1.54, 1.807) is 24.3 Å². The van der Waals surface area contributed by atoms with E-state index in [-0.39, 0.29) is 32.7 Å². The van der Waals surface area contributed by atoms with Gasteiger partial charge < -0.3 is 19.7 Å². The van der Waals surface area contributed by atoms with Crippen molar-refractivity contribution in [2.45, 2.75) is 0 Å². The Balaban J connectivity index is 0.000000531. The van der Waals surface area contributed by atoms with E-state index in [9.17, 15) is 9.59 Å². The van der Waals surface area contributed by atoms with E-state index in [4.69, 9.17) is 4.79 Å². The summed E-state index contributed by atoms with van der Waals surface area (Å²) in [5.41, 5.74) is 0.829. The SMILES string of the molecule is C=O.O=C1[N-]C(=O)c2ccccc21.[Y]. The average Bonchev–Trinajstić information content (AvgIpc) is 2.47. The van der Waals surface area contributed by atoms with Crippen LogP contribution in [0.3, 0.4) is 0 Å². The van der Waals surface area contributed by atoms with Crippen LogP contribution in [-0.2, 0) is 37.5 Å². The van der Waals surface area contributed by atoms with Gasteiger partial charge in [0.25, 0.3) is 0 Å². The molecule has 0 saturated heterocycles. The third-order valence-corrected chi connectivity index (χ3v) is 1.59. The molecule has 1 aromatic rings. The van der Waals surface area contributed by atoms with Crippen LogP contribution in [0.25, 0.3) is 5.32 Å². The quantitative estimate of drug-likeness (QED) is 0.661. The fourth-order valence-corrected chi connectivity index (χ4v) is 1.07. The Kier molecular flexibility index (Phi) is 5.42. The van der Waals surface area contributed by atoms with Crippen LogP contribution in [0.2, 0.25) is 0 Å². The van der Waals surface area contributed by atoms with Gasteiger partial charge >= 0.3 is 0 Å². The number of imide groups is 1. The third-order valence-electron chi connectivity index (χ3n) is 1.59. The largest absolute Gasteiger partial charge is 0.587 e. The fourth-order valence-electron chi connectivity index (χ4n) is 1.07. The molecule has 69 valence electrons. The van der Waals surface area contributed by atoms with E-state index in [1.165, 1.54) is 0 Å². The summed E-state index contributed by atoms with van der Waals surface area (Å²) in [6, 6.07) is 6.63. The van der Waals surface area contributed by atoms with Crippen LogP contribution in [0, 0.1) is 0 Å². The van der Waals surface area contributed by atoms with Gasteiger partial charge in [-0.05, 0) is 0 Å². The molecule has 5 heteroatoms. The van der Waals surface area contributed by atoms with E-state index in [1.807, 2.05) is 6.79 Å². The van der Waals surface area contributed by atoms with Crippen molar-refractivity contribution in [1.29, 1.82) is 0 Å². The summed E-state index contributed by atoms with van der Waals surface area (Å²) >= 11 is 0. The fraction of sp³-hybridized carbons (Fsp3) is 0. The number of rotatable bonds is 0. The van der Waals surface area contributed by atoms with Crippen molar-refractivity contribution < 1.29 is 47.1 Å². The van der Waals surface area contributed by atoms with Crippen LogP contribution in [0.1, 0.15) is 20.7 Å². The number of carbonyl (C=O) groups excluding carboxylic acids is 3. The summed E-state index contributed by atoms with van der Waals surface area (Å²) in [4.78, 5) is 29.8. The summed E-state index contributed by atoms with van der Waals surface area (Å²) in [5, 5.41) is 3.28. The molecule has 0 aliphatic carbocycles. The second kappa shape index (κ2) is 5.78. The Morgan fingerprint density at radius 2 is 1.29 bits per heavy atom. The molecular formula is C9H6NO3Y-. The smallest absolute Gasteiger partial charge is 0.106 e. The van der Waals surface area contributed by atoms with Crippen LogP contribution >= 0.6 is 0 Å². The molecule has 0 spiro atoms. The van der Waals surface area contributed by atoms with Gasteiger partial charge in [-0.1, -0.05) is 24.3 Å². The summed E-state index contributed by atoms with van der Waals surface area (Å²) in [6.45, 7) is 2.00. The van der Waals surface area contributed by atoms with Gasteiger partial charge in [0.1, 0.15) is 6.79 Å². The first-order chi connectivity index (χ1) is 6.29. The molecule has 1 aliphatic rings. The van der Waals surface area contributed by atoms with E-state index < -0.39 is 11.8 Å². The number of fused-ring (bicyclic) bond motifs is 1. The van der Waals surface area contributed by atoms with Gasteiger partial charge in [-0.15, -0.1) is 0 Å². The molecule has 1 heterocycles. The van der Waals surface area contributed by atoms with Gasteiger partial charge in [-0.3, -0.25) is 0 Å². The molecule has 1 radical (unpaired) electrons. The van der Waals surface area contributed by atoms with Crippen LogP contribution in [-0.4, -0.2) is 18.6 Å². The van der Waals surface area contributed by atoms with Gasteiger partial charge in [-0.2, -0.15) is 0 Å². The molecule has 2 rings (SSSR count). The average molecular weight is 265 g/mol. The van der Waals surface area contributed by atoms with E-state index in [0.717, 1.165) is 0 Å². The molecule has 1 aliphatic heterocycles. The number of hydrogen-bond acceptors (Lipinski definition) is 3. The second-order valence-corrected chi connectivity index (χ2v) is 2.27. The number of amides is 2. The van der Waals surface area contributed by atoms with Gasteiger partial charge in [0, 0.05) is 43.8 Å². The minimum atomic E-state index is -0.425. The Bertz CT molecular complexity index is 332. The van der Waals surface area contributed by atoms with Crippen molar-refractivity contribution in [3.63, 3.8) is 0 Å². The van der Waals surface area contributed by atoms with Crippen LogP contribution in [0.15, 0.2) is 24.3 Å². The van der Waals surface area contributed by atoms with Gasteiger partial charge in [0.15, 0.2) is 0 Å². The monoisotopic (exact) mass is 265 g/mol. The Hall–Kier alpha value is -0.866. The molecular weight excluding hydrogens is 259 g/mol. The molecule has 0 N–H and O–H groups in total. The van der Waals surface area contributed by atoms with Gasteiger partial charge in [0.05, 0.1) is 11.8 Å². The standard InChI is InChI=1S/C8H5NO2.CH2O.Y/c10-7-5-3-1-2-4-6(5)8(11)9-7;1-2;/h1-4H,(H,9,10,11);1H2;/p-1. The summed E-state index contributed by atoms with van der Waals surface area (Å²) < 4.78 is 0. The zero-order chi connectivity index (χ0) is 9.84. The Labute approximate surface area is 106 Å². The van der Waals surface area contributed by atoms with Crippen molar-refractivity contribution in [2.75, 3.05) is 0 Å². The first-order valence-corrected chi connectivity index (χ1v) is 3.47. The minimum absolute atomic E-state index is 0. The first-order valence-electron chi connectivity index (χ1n) is 3.47. The van der Waals surface area contributed by atoms with E-state index in [2.05, 4.69) is 5.32 Å². The van der Waals surface area contributed by atoms with Crippen LogP contribution < -0.4 is 0 Å². The molecule has 0 fully saturated rings. The van der Waals surface area contributed by atoms with Crippen molar-refractivity contribution >= 4 is 18.6 Å². The molecule has 4 nitrogen and oxygen atoms in total. The first kappa shape index (κ1) is 13.1. The normalized spacial score (nSPS) is 11.7. The molecule has 0 bridgehead atoms. The molecule has 14 heavy (non-hydrogen) atoms. The Morgan fingerprint density at radius 1 is 0.929 bits per heavy atom. The topological polar surface area (TPSA) is 65.3 Å². The van der Waals surface area contributed by atoms with E-state index >= 15 is 0 Å². The minimum Gasteiger partial charge on any atom is -0.587 e. The van der Waals surface area contributed by atoms with Gasteiger partial charge in [-0.25, -0.2) is 0 Å². The number of carbonyl (C=O) groups is 3. The van der Waals surface area contributed by atoms with Crippen LogP contribution in [0.5, 0.6) is 0 Å². The molecule has 0 aromatic heterocycles. The summed E-state index contributed by atoms with van der Waals surface area (Å²) in [5.74, 6) is -0.851. The molecule has 0 unspecified atom stereocenters. The summed E-state index contributed by atoms with van der Waals surface area (Å²) in [7, 11) is 0. The maximum atomic E-state index is 10.9. The zero-order valence-electron chi connectivity index (χ0n) is 7.27. The summed E-state index contributed by atoms with van der Waals surface area (Å²) in [6.07, 6.45) is 0. The van der Waals surface area contributed by atoms with Crippen molar-refractivity contribution in [3.05, 3.63) is 40.7 Å². The van der Waals surface area contributed by atoms with Crippen molar-refractivity contribution in [1.82, 2.24) is 0 Å². The predicted octanol–water partition coefficient (Wildman–Crippen LogP) is 1.17. The maximum Gasteiger partial charge on any atom is 0.106 e. The molecule has 0 atom stereocenters. The van der Waals surface area contributed by atoms with E-state index in [0.29, 0.717) is 11.1 Å². The Morgan fingerprint density at radius 3 is 1.64 bits per heavy atom. The van der Waals surface area contributed by atoms with Crippen LogP contribution in [0.4, 0.5) is 0 Å².